The molecule has 1 aliphatic rings. The Balaban J connectivity index is 1.59. The van der Waals surface area contributed by atoms with Crippen LogP contribution in [0.4, 0.5) is 5.69 Å². The molecule has 1 N–H and O–H groups in total. The quantitative estimate of drug-likeness (QED) is 0.344. The van der Waals surface area contributed by atoms with E-state index in [9.17, 15) is 14.4 Å². The standard InChI is InChI=1S/C30H27N3O6S/c1-5-38-29(37)25-17(2)31-30-33(26(25)19-10-12-21(13-11-19)32(3)4)27(34)24(40-30)16-22-14-15-23(39-22)18-6-8-20(9-7-18)28(35)36/h6-16,26H,5H2,1-4H3,(H,35,36)/b24-16-/t26-/m0/s1. The minimum atomic E-state index is -1.00. The summed E-state index contributed by atoms with van der Waals surface area (Å²) in [5.41, 5.74) is 3.16. The molecular formula is C30H27N3O6S. The number of aromatic carboxylic acids is 1. The van der Waals surface area contributed by atoms with E-state index in [4.69, 9.17) is 14.3 Å². The topological polar surface area (TPSA) is 114 Å². The van der Waals surface area contributed by atoms with Gasteiger partial charge in [-0.2, -0.15) is 0 Å². The van der Waals surface area contributed by atoms with Gasteiger partial charge in [0.05, 0.1) is 34.0 Å². The second kappa shape index (κ2) is 10.8. The van der Waals surface area contributed by atoms with E-state index in [0.29, 0.717) is 37.7 Å². The summed E-state index contributed by atoms with van der Waals surface area (Å²) >= 11 is 1.21. The lowest BCUT2D eigenvalue weighted by Crippen LogP contribution is -2.39. The molecule has 1 atom stereocenters. The van der Waals surface area contributed by atoms with Crippen LogP contribution >= 0.6 is 11.3 Å². The van der Waals surface area contributed by atoms with Gasteiger partial charge in [0.2, 0.25) is 0 Å². The molecule has 2 aromatic carbocycles. The second-order valence-corrected chi connectivity index (χ2v) is 10.4. The molecule has 0 fully saturated rings. The molecule has 0 saturated carbocycles. The lowest BCUT2D eigenvalue weighted by Gasteiger charge is -2.25. The van der Waals surface area contributed by atoms with Crippen molar-refractivity contribution in [2.45, 2.75) is 19.9 Å². The molecule has 0 unspecified atom stereocenters. The normalized spacial score (nSPS) is 15.0. The Labute approximate surface area is 233 Å². The van der Waals surface area contributed by atoms with Crippen molar-refractivity contribution >= 4 is 35.0 Å². The summed E-state index contributed by atoms with van der Waals surface area (Å²) in [5.74, 6) is -0.522. The zero-order chi connectivity index (χ0) is 28.6. The first-order valence-corrected chi connectivity index (χ1v) is 13.4. The fourth-order valence-corrected chi connectivity index (χ4v) is 5.58. The number of carbonyl (C=O) groups is 2. The summed E-state index contributed by atoms with van der Waals surface area (Å²) in [6, 6.07) is 16.8. The number of nitrogens with zero attached hydrogens (tertiary/aromatic N) is 3. The van der Waals surface area contributed by atoms with Crippen molar-refractivity contribution in [3.8, 4) is 11.3 Å². The first-order valence-electron chi connectivity index (χ1n) is 12.6. The minimum Gasteiger partial charge on any atom is -0.478 e. The Bertz CT molecular complexity index is 1810. The van der Waals surface area contributed by atoms with E-state index >= 15 is 0 Å². The summed E-state index contributed by atoms with van der Waals surface area (Å²) in [7, 11) is 3.88. The predicted octanol–water partition coefficient (Wildman–Crippen LogP) is 3.82. The van der Waals surface area contributed by atoms with E-state index in [0.717, 1.165) is 11.3 Å². The highest BCUT2D eigenvalue weighted by Gasteiger charge is 2.33. The summed E-state index contributed by atoms with van der Waals surface area (Å²) in [6.07, 6.45) is 1.65. The largest absolute Gasteiger partial charge is 0.478 e. The van der Waals surface area contributed by atoms with E-state index in [-0.39, 0.29) is 17.7 Å². The number of carbonyl (C=O) groups excluding carboxylic acids is 1. The van der Waals surface area contributed by atoms with Crippen LogP contribution < -0.4 is 19.8 Å². The van der Waals surface area contributed by atoms with Crippen molar-refractivity contribution in [3.63, 3.8) is 0 Å². The molecule has 3 heterocycles. The third-order valence-electron chi connectivity index (χ3n) is 6.56. The third-order valence-corrected chi connectivity index (χ3v) is 7.54. The molecule has 40 heavy (non-hydrogen) atoms. The number of hydrogen-bond acceptors (Lipinski definition) is 8. The highest BCUT2D eigenvalue weighted by molar-refractivity contribution is 7.07. The highest BCUT2D eigenvalue weighted by Crippen LogP contribution is 2.31. The lowest BCUT2D eigenvalue weighted by atomic mass is 9.95. The van der Waals surface area contributed by atoms with Gasteiger partial charge in [-0.1, -0.05) is 35.6 Å². The maximum absolute atomic E-state index is 13.8. The zero-order valence-electron chi connectivity index (χ0n) is 22.4. The average Bonchev–Trinajstić information content (AvgIpc) is 3.52. The van der Waals surface area contributed by atoms with Crippen LogP contribution in [0.1, 0.15) is 41.6 Å². The molecule has 0 spiro atoms. The van der Waals surface area contributed by atoms with Crippen LogP contribution in [0.25, 0.3) is 17.4 Å². The number of rotatable bonds is 7. The predicted molar refractivity (Wildman–Crippen MR) is 152 cm³/mol. The van der Waals surface area contributed by atoms with E-state index in [1.54, 1.807) is 44.2 Å². The first kappa shape index (κ1) is 26.9. The number of aromatic nitrogens is 1. The molecule has 0 aliphatic carbocycles. The van der Waals surface area contributed by atoms with Crippen LogP contribution in [0.15, 0.2) is 86.1 Å². The fraction of sp³-hybridized carbons (Fsp3) is 0.200. The molecule has 0 bridgehead atoms. The van der Waals surface area contributed by atoms with Gasteiger partial charge in [0, 0.05) is 31.4 Å². The summed E-state index contributed by atoms with van der Waals surface area (Å²) < 4.78 is 13.2. The van der Waals surface area contributed by atoms with Crippen molar-refractivity contribution in [3.05, 3.63) is 109 Å². The number of furan rings is 1. The van der Waals surface area contributed by atoms with Gasteiger partial charge in [-0.15, -0.1) is 0 Å². The van der Waals surface area contributed by atoms with Crippen LogP contribution in [0.2, 0.25) is 0 Å². The van der Waals surface area contributed by atoms with E-state index in [1.165, 1.54) is 28.0 Å². The number of hydrogen-bond donors (Lipinski definition) is 1. The fourth-order valence-electron chi connectivity index (χ4n) is 4.55. The van der Waals surface area contributed by atoms with Crippen molar-refractivity contribution in [2.24, 2.45) is 4.99 Å². The molecule has 9 nitrogen and oxygen atoms in total. The average molecular weight is 558 g/mol. The molecule has 0 saturated heterocycles. The van der Waals surface area contributed by atoms with Gasteiger partial charge in [0.1, 0.15) is 11.5 Å². The van der Waals surface area contributed by atoms with E-state index < -0.39 is 18.0 Å². The first-order chi connectivity index (χ1) is 19.2. The number of esters is 1. The molecular weight excluding hydrogens is 530 g/mol. The Morgan fingerprint density at radius 3 is 2.42 bits per heavy atom. The van der Waals surface area contributed by atoms with Gasteiger partial charge in [0.25, 0.3) is 5.56 Å². The van der Waals surface area contributed by atoms with Crippen LogP contribution in [-0.4, -0.2) is 42.3 Å². The number of allylic oxidation sites excluding steroid dienone is 1. The number of carboxylic acids is 1. The van der Waals surface area contributed by atoms with Gasteiger partial charge in [-0.3, -0.25) is 9.36 Å². The molecule has 0 amide bonds. The van der Waals surface area contributed by atoms with Gasteiger partial charge in [-0.05, 0) is 55.8 Å². The van der Waals surface area contributed by atoms with Crippen LogP contribution in [0.3, 0.4) is 0 Å². The van der Waals surface area contributed by atoms with Crippen LogP contribution in [0, 0.1) is 0 Å². The number of carboxylic acid groups (broad SMARTS) is 1. The number of fused-ring (bicyclic) bond motifs is 1. The highest BCUT2D eigenvalue weighted by atomic mass is 32.1. The molecule has 204 valence electrons. The van der Waals surface area contributed by atoms with Gasteiger partial charge < -0.3 is 19.2 Å². The molecule has 2 aromatic heterocycles. The van der Waals surface area contributed by atoms with Crippen LogP contribution in [0.5, 0.6) is 0 Å². The number of thiazole rings is 1. The molecule has 5 rings (SSSR count). The van der Waals surface area contributed by atoms with Crippen LogP contribution in [-0.2, 0) is 9.53 Å². The minimum absolute atomic E-state index is 0.181. The van der Waals surface area contributed by atoms with Gasteiger partial charge in [-0.25, -0.2) is 14.6 Å². The maximum atomic E-state index is 13.8. The Morgan fingerprint density at radius 1 is 1.10 bits per heavy atom. The molecule has 4 aromatic rings. The van der Waals surface area contributed by atoms with Crippen molar-refractivity contribution < 1.29 is 23.8 Å². The molecule has 0 radical (unpaired) electrons. The maximum Gasteiger partial charge on any atom is 0.338 e. The SMILES string of the molecule is CCOC(=O)C1=C(C)N=c2s/c(=C\c3ccc(-c4ccc(C(=O)O)cc4)o3)c(=O)n2[C@H]1c1ccc(N(C)C)cc1. The Morgan fingerprint density at radius 2 is 1.80 bits per heavy atom. The van der Waals surface area contributed by atoms with Gasteiger partial charge in [0.15, 0.2) is 4.80 Å². The number of benzene rings is 2. The summed E-state index contributed by atoms with van der Waals surface area (Å²) in [6.45, 7) is 3.69. The third kappa shape index (κ3) is 5.01. The Kier molecular flexibility index (Phi) is 7.27. The number of ether oxygens (including phenoxy) is 1. The zero-order valence-corrected chi connectivity index (χ0v) is 23.2. The van der Waals surface area contributed by atoms with E-state index in [2.05, 4.69) is 4.99 Å². The van der Waals surface area contributed by atoms with Crippen molar-refractivity contribution in [1.82, 2.24) is 4.57 Å². The van der Waals surface area contributed by atoms with Crippen molar-refractivity contribution in [2.75, 3.05) is 25.6 Å². The summed E-state index contributed by atoms with van der Waals surface area (Å²) in [4.78, 5) is 45.0. The molecule has 1 aliphatic heterocycles. The monoisotopic (exact) mass is 557 g/mol. The number of anilines is 1. The Hall–Kier alpha value is -4.70. The molecule has 10 heteroatoms. The second-order valence-electron chi connectivity index (χ2n) is 9.37. The van der Waals surface area contributed by atoms with Crippen molar-refractivity contribution in [1.29, 1.82) is 0 Å². The lowest BCUT2D eigenvalue weighted by molar-refractivity contribution is -0.139. The van der Waals surface area contributed by atoms with Gasteiger partial charge >= 0.3 is 11.9 Å². The smallest absolute Gasteiger partial charge is 0.338 e. The van der Waals surface area contributed by atoms with E-state index in [1.807, 2.05) is 43.3 Å². The summed E-state index contributed by atoms with van der Waals surface area (Å²) in [5, 5.41) is 9.13.